The fraction of sp³-hybridized carbons (Fsp3) is 0.789. The fourth-order valence-electron chi connectivity index (χ4n) is 1.91. The van der Waals surface area contributed by atoms with E-state index in [1.54, 1.807) is 41.5 Å². The zero-order valence-electron chi connectivity index (χ0n) is 18.0. The molecule has 0 aliphatic heterocycles. The van der Waals surface area contributed by atoms with Gasteiger partial charge in [0, 0.05) is 6.42 Å². The molecule has 9 heteroatoms. The van der Waals surface area contributed by atoms with Crippen molar-refractivity contribution in [1.29, 1.82) is 0 Å². The Bertz CT molecular complexity index is 547. The predicted molar refractivity (Wildman–Crippen MR) is 102 cm³/mol. The third kappa shape index (κ3) is 13.8. The van der Waals surface area contributed by atoms with Gasteiger partial charge in [0.2, 0.25) is 0 Å². The Kier molecular flexibility index (Phi) is 10.6. The van der Waals surface area contributed by atoms with Crippen LogP contribution in [0.2, 0.25) is 0 Å². The Hall–Kier alpha value is -2.32. The quantitative estimate of drug-likeness (QED) is 0.447. The number of hydrogen-bond acceptors (Lipinski definition) is 7. The molecule has 0 aromatic heterocycles. The first-order chi connectivity index (χ1) is 12.7. The lowest BCUT2D eigenvalue weighted by Crippen LogP contribution is -2.49. The second-order valence-corrected chi connectivity index (χ2v) is 8.26. The maximum absolute atomic E-state index is 12.4. The van der Waals surface area contributed by atoms with E-state index in [0.29, 0.717) is 6.42 Å². The Morgan fingerprint density at radius 2 is 1.46 bits per heavy atom. The molecule has 0 unspecified atom stereocenters. The molecule has 0 aromatic rings. The molecule has 0 fully saturated rings. The van der Waals surface area contributed by atoms with E-state index in [0.717, 1.165) is 0 Å². The summed E-state index contributed by atoms with van der Waals surface area (Å²) in [5.41, 5.74) is -1.41. The molecule has 0 spiro atoms. The molecule has 0 radical (unpaired) electrons. The smallest absolute Gasteiger partial charge is 0.329 e. The monoisotopic (exact) mass is 402 g/mol. The average molecular weight is 402 g/mol. The SMILES string of the molecule is CCCOC(=O)CNC(=O)N[C@@H](CCC(=O)OC(C)(C)C)C(=O)OC(C)(C)C. The molecule has 0 rings (SSSR count). The van der Waals surface area contributed by atoms with Gasteiger partial charge < -0.3 is 24.8 Å². The van der Waals surface area contributed by atoms with E-state index in [9.17, 15) is 19.2 Å². The number of carbonyl (C=O) groups excluding carboxylic acids is 4. The van der Waals surface area contributed by atoms with E-state index < -0.39 is 41.2 Å². The molecule has 0 aromatic carbocycles. The van der Waals surface area contributed by atoms with Gasteiger partial charge in [0.1, 0.15) is 23.8 Å². The zero-order valence-corrected chi connectivity index (χ0v) is 18.0. The van der Waals surface area contributed by atoms with Crippen LogP contribution >= 0.6 is 0 Å². The summed E-state index contributed by atoms with van der Waals surface area (Å²) in [6.45, 7) is 12.1. The molecule has 0 bridgehead atoms. The topological polar surface area (TPSA) is 120 Å². The van der Waals surface area contributed by atoms with Gasteiger partial charge in [-0.25, -0.2) is 9.59 Å². The van der Waals surface area contributed by atoms with Gasteiger partial charge in [0.05, 0.1) is 6.61 Å². The number of esters is 3. The van der Waals surface area contributed by atoms with Crippen LogP contribution in [0.3, 0.4) is 0 Å². The van der Waals surface area contributed by atoms with Crippen molar-refractivity contribution in [2.45, 2.75) is 85.0 Å². The third-order valence-corrected chi connectivity index (χ3v) is 2.91. The number of urea groups is 1. The van der Waals surface area contributed by atoms with Crippen molar-refractivity contribution in [2.75, 3.05) is 13.2 Å². The summed E-state index contributed by atoms with van der Waals surface area (Å²) in [5, 5.41) is 4.75. The Labute approximate surface area is 166 Å². The minimum atomic E-state index is -1.07. The molecular formula is C19H34N2O7. The van der Waals surface area contributed by atoms with Gasteiger partial charge in [0.25, 0.3) is 0 Å². The Balaban J connectivity index is 4.80. The van der Waals surface area contributed by atoms with Crippen molar-refractivity contribution in [2.24, 2.45) is 0 Å². The van der Waals surface area contributed by atoms with Crippen LogP contribution in [0.5, 0.6) is 0 Å². The molecular weight excluding hydrogens is 368 g/mol. The molecule has 2 amide bonds. The van der Waals surface area contributed by atoms with Crippen molar-refractivity contribution in [1.82, 2.24) is 10.6 Å². The van der Waals surface area contributed by atoms with E-state index in [1.807, 2.05) is 6.92 Å². The second-order valence-electron chi connectivity index (χ2n) is 8.26. The highest BCUT2D eigenvalue weighted by molar-refractivity contribution is 5.86. The summed E-state index contributed by atoms with van der Waals surface area (Å²) in [4.78, 5) is 47.7. The van der Waals surface area contributed by atoms with Gasteiger partial charge >= 0.3 is 23.9 Å². The third-order valence-electron chi connectivity index (χ3n) is 2.91. The first kappa shape index (κ1) is 25.7. The summed E-state index contributed by atoms with van der Waals surface area (Å²) >= 11 is 0. The number of carbonyl (C=O) groups is 4. The zero-order chi connectivity index (χ0) is 22.0. The number of amides is 2. The van der Waals surface area contributed by atoms with Crippen LogP contribution in [0, 0.1) is 0 Å². The highest BCUT2D eigenvalue weighted by Gasteiger charge is 2.28. The lowest BCUT2D eigenvalue weighted by Gasteiger charge is -2.25. The lowest BCUT2D eigenvalue weighted by molar-refractivity contribution is -0.158. The highest BCUT2D eigenvalue weighted by Crippen LogP contribution is 2.13. The second kappa shape index (κ2) is 11.5. The van der Waals surface area contributed by atoms with E-state index >= 15 is 0 Å². The molecule has 9 nitrogen and oxygen atoms in total. The minimum Gasteiger partial charge on any atom is -0.464 e. The molecule has 0 heterocycles. The van der Waals surface area contributed by atoms with Crippen LogP contribution in [0.15, 0.2) is 0 Å². The van der Waals surface area contributed by atoms with E-state index in [4.69, 9.17) is 14.2 Å². The van der Waals surface area contributed by atoms with Gasteiger partial charge in [0.15, 0.2) is 0 Å². The first-order valence-corrected chi connectivity index (χ1v) is 9.38. The van der Waals surface area contributed by atoms with Gasteiger partial charge in [-0.2, -0.15) is 0 Å². The molecule has 28 heavy (non-hydrogen) atoms. The van der Waals surface area contributed by atoms with Crippen LogP contribution in [-0.2, 0) is 28.6 Å². The maximum Gasteiger partial charge on any atom is 0.329 e. The Morgan fingerprint density at radius 1 is 0.893 bits per heavy atom. The number of rotatable bonds is 9. The average Bonchev–Trinajstić information content (AvgIpc) is 2.51. The number of hydrogen-bond donors (Lipinski definition) is 2. The van der Waals surface area contributed by atoms with Crippen molar-refractivity contribution in [3.63, 3.8) is 0 Å². The minimum absolute atomic E-state index is 0.00245. The molecule has 2 N–H and O–H groups in total. The lowest BCUT2D eigenvalue weighted by atomic mass is 10.1. The van der Waals surface area contributed by atoms with Gasteiger partial charge in [-0.05, 0) is 54.4 Å². The van der Waals surface area contributed by atoms with Crippen molar-refractivity contribution >= 4 is 23.9 Å². The standard InChI is InChI=1S/C19H34N2O7/c1-8-11-26-15(23)12-20-17(25)21-13(16(24)28-19(5,6)7)9-10-14(22)27-18(2,3)4/h13H,8-12H2,1-7H3,(H2,20,21,25)/t13-/m0/s1. The first-order valence-electron chi connectivity index (χ1n) is 9.38. The van der Waals surface area contributed by atoms with E-state index in [-0.39, 0.29) is 26.0 Å². The summed E-state index contributed by atoms with van der Waals surface area (Å²) in [5.74, 6) is -1.76. The largest absolute Gasteiger partial charge is 0.464 e. The van der Waals surface area contributed by atoms with Crippen LogP contribution in [0.25, 0.3) is 0 Å². The molecule has 162 valence electrons. The molecule has 0 aliphatic carbocycles. The maximum atomic E-state index is 12.4. The van der Waals surface area contributed by atoms with Crippen LogP contribution in [0.1, 0.15) is 67.7 Å². The fourth-order valence-corrected chi connectivity index (χ4v) is 1.91. The highest BCUT2D eigenvalue weighted by atomic mass is 16.6. The molecule has 1 atom stereocenters. The summed E-state index contributed by atoms with van der Waals surface area (Å²) in [6.07, 6.45) is 0.584. The van der Waals surface area contributed by atoms with Gasteiger partial charge in [-0.15, -0.1) is 0 Å². The summed E-state index contributed by atoms with van der Waals surface area (Å²) in [6, 6.07) is -1.81. The molecule has 0 saturated heterocycles. The predicted octanol–water partition coefficient (Wildman–Crippen LogP) is 2.07. The van der Waals surface area contributed by atoms with Crippen LogP contribution in [0.4, 0.5) is 4.79 Å². The van der Waals surface area contributed by atoms with Crippen molar-refractivity contribution in [3.05, 3.63) is 0 Å². The van der Waals surface area contributed by atoms with E-state index in [2.05, 4.69) is 10.6 Å². The normalized spacial score (nSPS) is 12.5. The van der Waals surface area contributed by atoms with Crippen LogP contribution < -0.4 is 10.6 Å². The summed E-state index contributed by atoms with van der Waals surface area (Å²) in [7, 11) is 0. The molecule has 0 saturated carbocycles. The van der Waals surface area contributed by atoms with Crippen LogP contribution in [-0.4, -0.2) is 54.3 Å². The molecule has 0 aliphatic rings. The summed E-state index contributed by atoms with van der Waals surface area (Å²) < 4.78 is 15.3. The number of nitrogens with one attached hydrogen (secondary N) is 2. The van der Waals surface area contributed by atoms with E-state index in [1.165, 1.54) is 0 Å². The van der Waals surface area contributed by atoms with Crippen molar-refractivity contribution in [3.8, 4) is 0 Å². The van der Waals surface area contributed by atoms with Gasteiger partial charge in [-0.3, -0.25) is 9.59 Å². The van der Waals surface area contributed by atoms with Gasteiger partial charge in [-0.1, -0.05) is 6.92 Å². The number of ether oxygens (including phenoxy) is 3. The Morgan fingerprint density at radius 3 is 1.96 bits per heavy atom. The van der Waals surface area contributed by atoms with Crippen molar-refractivity contribution < 1.29 is 33.4 Å².